The number of carbonyl (C=O) groups is 1. The number of anilines is 1. The van der Waals surface area contributed by atoms with Crippen molar-refractivity contribution < 1.29 is 4.79 Å². The normalized spacial score (nSPS) is 17.2. The quantitative estimate of drug-likeness (QED) is 0.767. The van der Waals surface area contributed by atoms with Gasteiger partial charge in [-0.3, -0.25) is 4.79 Å². The van der Waals surface area contributed by atoms with Crippen molar-refractivity contribution in [1.29, 1.82) is 0 Å². The summed E-state index contributed by atoms with van der Waals surface area (Å²) in [4.78, 5) is 22.5. The van der Waals surface area contributed by atoms with Crippen molar-refractivity contribution in [2.24, 2.45) is 0 Å². The zero-order valence-corrected chi connectivity index (χ0v) is 14.3. The Bertz CT molecular complexity index is 901. The number of likely N-dealkylation sites (tertiary alicyclic amines) is 1. The third-order valence-corrected chi connectivity index (χ3v) is 5.01. The number of aromatic amines is 1. The maximum Gasteiger partial charge on any atom is 0.227 e. The lowest BCUT2D eigenvalue weighted by Crippen LogP contribution is -2.31. The van der Waals surface area contributed by atoms with Crippen molar-refractivity contribution in [3.8, 4) is 0 Å². The number of H-pyrrole nitrogens is 1. The first-order valence-corrected chi connectivity index (χ1v) is 8.74. The fourth-order valence-corrected chi connectivity index (χ4v) is 3.74. The molecule has 128 valence electrons. The SMILES string of the molecule is CNc1cc(C2CCCN2C(=O)Cc2c[nH]c3ccccc23)ccn1. The van der Waals surface area contributed by atoms with Crippen LogP contribution < -0.4 is 5.32 Å². The highest BCUT2D eigenvalue weighted by atomic mass is 16.2. The minimum Gasteiger partial charge on any atom is -0.373 e. The molecule has 25 heavy (non-hydrogen) atoms. The van der Waals surface area contributed by atoms with Gasteiger partial charge in [0.15, 0.2) is 0 Å². The molecule has 1 saturated heterocycles. The second-order valence-corrected chi connectivity index (χ2v) is 6.51. The van der Waals surface area contributed by atoms with Gasteiger partial charge in [0, 0.05) is 36.9 Å². The Kier molecular flexibility index (Phi) is 4.14. The van der Waals surface area contributed by atoms with Gasteiger partial charge >= 0.3 is 0 Å². The number of amides is 1. The van der Waals surface area contributed by atoms with E-state index in [1.54, 1.807) is 0 Å². The maximum absolute atomic E-state index is 13.0. The van der Waals surface area contributed by atoms with Gasteiger partial charge in [-0.2, -0.15) is 0 Å². The van der Waals surface area contributed by atoms with Crippen LogP contribution >= 0.6 is 0 Å². The van der Waals surface area contributed by atoms with Gasteiger partial charge in [-0.1, -0.05) is 18.2 Å². The summed E-state index contributed by atoms with van der Waals surface area (Å²) in [6.07, 6.45) is 6.25. The number of carbonyl (C=O) groups excluding carboxylic acids is 1. The van der Waals surface area contributed by atoms with E-state index in [-0.39, 0.29) is 11.9 Å². The van der Waals surface area contributed by atoms with Crippen LogP contribution in [0.5, 0.6) is 0 Å². The van der Waals surface area contributed by atoms with E-state index in [0.717, 1.165) is 47.2 Å². The predicted molar refractivity (Wildman–Crippen MR) is 99.5 cm³/mol. The first kappa shape index (κ1) is 15.7. The van der Waals surface area contributed by atoms with Gasteiger partial charge in [0.1, 0.15) is 5.82 Å². The van der Waals surface area contributed by atoms with Crippen LogP contribution in [0.2, 0.25) is 0 Å². The molecule has 1 atom stereocenters. The van der Waals surface area contributed by atoms with E-state index >= 15 is 0 Å². The van der Waals surface area contributed by atoms with Gasteiger partial charge in [-0.15, -0.1) is 0 Å². The van der Waals surface area contributed by atoms with Crippen LogP contribution in [0, 0.1) is 0 Å². The molecule has 3 aromatic rings. The molecular weight excluding hydrogens is 312 g/mol. The molecule has 1 aliphatic heterocycles. The first-order chi connectivity index (χ1) is 12.3. The Hall–Kier alpha value is -2.82. The van der Waals surface area contributed by atoms with Crippen molar-refractivity contribution in [3.63, 3.8) is 0 Å². The van der Waals surface area contributed by atoms with Gasteiger partial charge in [0.05, 0.1) is 12.5 Å². The molecule has 1 amide bonds. The number of hydrogen-bond acceptors (Lipinski definition) is 3. The monoisotopic (exact) mass is 334 g/mol. The molecule has 5 heteroatoms. The van der Waals surface area contributed by atoms with Crippen LogP contribution in [0.15, 0.2) is 48.8 Å². The molecule has 0 saturated carbocycles. The molecule has 4 rings (SSSR count). The van der Waals surface area contributed by atoms with Crippen molar-refractivity contribution in [1.82, 2.24) is 14.9 Å². The van der Waals surface area contributed by atoms with Gasteiger partial charge in [-0.25, -0.2) is 4.98 Å². The summed E-state index contributed by atoms with van der Waals surface area (Å²) in [5.41, 5.74) is 3.30. The molecule has 1 aromatic carbocycles. The fraction of sp³-hybridized carbons (Fsp3) is 0.300. The molecule has 1 aliphatic rings. The number of nitrogens with zero attached hydrogens (tertiary/aromatic N) is 2. The second kappa shape index (κ2) is 6.59. The van der Waals surface area contributed by atoms with Crippen LogP contribution in [0.4, 0.5) is 5.82 Å². The molecule has 0 aliphatic carbocycles. The van der Waals surface area contributed by atoms with Crippen LogP contribution in [0.3, 0.4) is 0 Å². The highest BCUT2D eigenvalue weighted by Crippen LogP contribution is 2.33. The van der Waals surface area contributed by atoms with Crippen molar-refractivity contribution in [2.75, 3.05) is 18.9 Å². The number of fused-ring (bicyclic) bond motifs is 1. The lowest BCUT2D eigenvalue weighted by atomic mass is 10.0. The number of rotatable bonds is 4. The average molecular weight is 334 g/mol. The fourth-order valence-electron chi connectivity index (χ4n) is 3.74. The van der Waals surface area contributed by atoms with E-state index < -0.39 is 0 Å². The molecule has 2 N–H and O–H groups in total. The van der Waals surface area contributed by atoms with E-state index in [9.17, 15) is 4.79 Å². The molecule has 3 heterocycles. The Balaban J connectivity index is 1.56. The van der Waals surface area contributed by atoms with Crippen molar-refractivity contribution >= 4 is 22.6 Å². The standard InChI is InChI=1S/C20H22N4O/c1-21-19-11-14(8-9-22-19)18-7-4-10-24(18)20(25)12-15-13-23-17-6-3-2-5-16(15)17/h2-3,5-6,8-9,11,13,18,23H,4,7,10,12H2,1H3,(H,21,22). The third-order valence-electron chi connectivity index (χ3n) is 5.01. The summed E-state index contributed by atoms with van der Waals surface area (Å²) >= 11 is 0. The topological polar surface area (TPSA) is 61.0 Å². The number of hydrogen-bond donors (Lipinski definition) is 2. The minimum absolute atomic E-state index is 0.146. The number of nitrogens with one attached hydrogen (secondary N) is 2. The lowest BCUT2D eigenvalue weighted by molar-refractivity contribution is -0.131. The minimum atomic E-state index is 0.146. The molecule has 2 aromatic heterocycles. The highest BCUT2D eigenvalue weighted by molar-refractivity contribution is 5.89. The molecule has 5 nitrogen and oxygen atoms in total. The predicted octanol–water partition coefficient (Wildman–Crippen LogP) is 3.51. The summed E-state index contributed by atoms with van der Waals surface area (Å²) < 4.78 is 0. The van der Waals surface area contributed by atoms with Crippen molar-refractivity contribution in [2.45, 2.75) is 25.3 Å². The molecule has 1 unspecified atom stereocenters. The van der Waals surface area contributed by atoms with Crippen LogP contribution in [-0.4, -0.2) is 34.4 Å². The molecule has 0 spiro atoms. The molecular formula is C20H22N4O. The van der Waals surface area contributed by atoms with Crippen molar-refractivity contribution in [3.05, 3.63) is 59.9 Å². The zero-order chi connectivity index (χ0) is 17.2. The number of pyridine rings is 1. The Morgan fingerprint density at radius 3 is 3.12 bits per heavy atom. The lowest BCUT2D eigenvalue weighted by Gasteiger charge is -2.25. The summed E-state index contributed by atoms with van der Waals surface area (Å²) in [7, 11) is 1.86. The van der Waals surface area contributed by atoms with Crippen LogP contribution in [-0.2, 0) is 11.2 Å². The molecule has 1 fully saturated rings. The summed E-state index contributed by atoms with van der Waals surface area (Å²) in [6.45, 7) is 0.822. The average Bonchev–Trinajstić information content (AvgIpc) is 3.29. The Morgan fingerprint density at radius 1 is 1.36 bits per heavy atom. The molecule has 0 radical (unpaired) electrons. The summed E-state index contributed by atoms with van der Waals surface area (Å²) in [5.74, 6) is 1.03. The smallest absolute Gasteiger partial charge is 0.227 e. The second-order valence-electron chi connectivity index (χ2n) is 6.51. The number of para-hydroxylation sites is 1. The number of benzene rings is 1. The maximum atomic E-state index is 13.0. The van der Waals surface area contributed by atoms with E-state index in [2.05, 4.69) is 21.4 Å². The zero-order valence-electron chi connectivity index (χ0n) is 14.3. The first-order valence-electron chi connectivity index (χ1n) is 8.74. The number of aromatic nitrogens is 2. The van der Waals surface area contributed by atoms with E-state index in [0.29, 0.717) is 6.42 Å². The van der Waals surface area contributed by atoms with E-state index in [1.807, 2.05) is 54.7 Å². The summed E-state index contributed by atoms with van der Waals surface area (Å²) in [5, 5.41) is 4.21. The van der Waals surface area contributed by atoms with Gasteiger partial charge in [0.25, 0.3) is 0 Å². The Morgan fingerprint density at radius 2 is 2.24 bits per heavy atom. The summed E-state index contributed by atoms with van der Waals surface area (Å²) in [6, 6.07) is 12.3. The van der Waals surface area contributed by atoms with Gasteiger partial charge in [-0.05, 0) is 42.2 Å². The van der Waals surface area contributed by atoms with Crippen LogP contribution in [0.1, 0.15) is 30.0 Å². The highest BCUT2D eigenvalue weighted by Gasteiger charge is 2.30. The molecule has 0 bridgehead atoms. The van der Waals surface area contributed by atoms with Crippen LogP contribution in [0.25, 0.3) is 10.9 Å². The van der Waals surface area contributed by atoms with E-state index in [1.165, 1.54) is 0 Å². The van der Waals surface area contributed by atoms with E-state index in [4.69, 9.17) is 0 Å². The van der Waals surface area contributed by atoms with Gasteiger partial charge in [0.2, 0.25) is 5.91 Å². The largest absolute Gasteiger partial charge is 0.373 e. The Labute approximate surface area is 147 Å². The van der Waals surface area contributed by atoms with Gasteiger partial charge < -0.3 is 15.2 Å². The third kappa shape index (κ3) is 2.97.